The second-order valence-electron chi connectivity index (χ2n) is 7.56. The third kappa shape index (κ3) is 2.33. The zero-order chi connectivity index (χ0) is 16.9. The lowest BCUT2D eigenvalue weighted by Crippen LogP contribution is -2.49. The van der Waals surface area contributed by atoms with Crippen molar-refractivity contribution in [3.63, 3.8) is 0 Å². The van der Waals surface area contributed by atoms with Crippen LogP contribution in [0.3, 0.4) is 0 Å². The van der Waals surface area contributed by atoms with Crippen molar-refractivity contribution in [1.29, 1.82) is 0 Å². The number of hydrogen-bond acceptors (Lipinski definition) is 5. The fraction of sp³-hybridized carbons (Fsp3) is 0.706. The third-order valence-electron chi connectivity index (χ3n) is 5.73. The summed E-state index contributed by atoms with van der Waals surface area (Å²) in [7, 11) is 2.06. The topological polar surface area (TPSA) is 69.9 Å². The van der Waals surface area contributed by atoms with E-state index >= 15 is 0 Å². The van der Waals surface area contributed by atoms with E-state index in [0.717, 1.165) is 39.0 Å². The van der Waals surface area contributed by atoms with E-state index in [1.54, 1.807) is 17.9 Å². The van der Waals surface area contributed by atoms with Gasteiger partial charge in [0.25, 0.3) is 5.91 Å². The molecule has 7 heteroatoms. The van der Waals surface area contributed by atoms with Gasteiger partial charge in [-0.05, 0) is 26.8 Å². The molecule has 3 saturated heterocycles. The number of aromatic nitrogens is 1. The first-order valence-corrected chi connectivity index (χ1v) is 8.70. The molecule has 2 amide bonds. The summed E-state index contributed by atoms with van der Waals surface area (Å²) in [5, 5.41) is 3.84. The maximum Gasteiger partial charge on any atom is 0.276 e. The number of carbonyl (C=O) groups is 2. The minimum absolute atomic E-state index is 0.127. The lowest BCUT2D eigenvalue weighted by Gasteiger charge is -2.32. The predicted octanol–water partition coefficient (Wildman–Crippen LogP) is 0.609. The normalized spacial score (nSPS) is 30.2. The van der Waals surface area contributed by atoms with Crippen LogP contribution in [0.4, 0.5) is 0 Å². The molecule has 3 aliphatic heterocycles. The van der Waals surface area contributed by atoms with E-state index in [2.05, 4.69) is 17.1 Å². The summed E-state index contributed by atoms with van der Waals surface area (Å²) >= 11 is 0. The van der Waals surface area contributed by atoms with Crippen molar-refractivity contribution in [2.45, 2.75) is 19.8 Å². The molecule has 2 atom stereocenters. The van der Waals surface area contributed by atoms with E-state index in [9.17, 15) is 9.59 Å². The van der Waals surface area contributed by atoms with E-state index in [1.807, 2.05) is 4.90 Å². The van der Waals surface area contributed by atoms with Crippen molar-refractivity contribution in [1.82, 2.24) is 19.9 Å². The van der Waals surface area contributed by atoms with E-state index < -0.39 is 5.41 Å². The first-order valence-electron chi connectivity index (χ1n) is 8.70. The van der Waals surface area contributed by atoms with Gasteiger partial charge in [0.05, 0.1) is 5.41 Å². The van der Waals surface area contributed by atoms with E-state index in [1.165, 1.54) is 0 Å². The molecular formula is C17H24N4O3. The Morgan fingerprint density at radius 2 is 1.96 bits per heavy atom. The predicted molar refractivity (Wildman–Crippen MR) is 86.4 cm³/mol. The molecule has 0 saturated carbocycles. The van der Waals surface area contributed by atoms with Crippen molar-refractivity contribution in [2.24, 2.45) is 11.3 Å². The van der Waals surface area contributed by atoms with Crippen molar-refractivity contribution < 1.29 is 14.1 Å². The Balaban J connectivity index is 1.58. The fourth-order valence-corrected chi connectivity index (χ4v) is 4.64. The van der Waals surface area contributed by atoms with Crippen molar-refractivity contribution in [3.05, 3.63) is 17.5 Å². The van der Waals surface area contributed by atoms with Crippen LogP contribution in [0.1, 0.15) is 29.1 Å². The molecular weight excluding hydrogens is 308 g/mol. The fourth-order valence-electron chi connectivity index (χ4n) is 4.64. The van der Waals surface area contributed by atoms with Gasteiger partial charge in [-0.2, -0.15) is 0 Å². The number of fused-ring (bicyclic) bond motifs is 1. The average Bonchev–Trinajstić information content (AvgIpc) is 3.28. The minimum atomic E-state index is -0.451. The highest BCUT2D eigenvalue weighted by Gasteiger charge is 2.58. The van der Waals surface area contributed by atoms with Crippen LogP contribution in [0.15, 0.2) is 10.6 Å². The Morgan fingerprint density at radius 1 is 1.21 bits per heavy atom. The van der Waals surface area contributed by atoms with E-state index in [4.69, 9.17) is 4.52 Å². The molecule has 7 nitrogen and oxygen atoms in total. The maximum absolute atomic E-state index is 13.2. The Kier molecular flexibility index (Phi) is 3.63. The first kappa shape index (κ1) is 15.6. The van der Waals surface area contributed by atoms with Crippen molar-refractivity contribution in [3.8, 4) is 0 Å². The van der Waals surface area contributed by atoms with Gasteiger partial charge in [-0.25, -0.2) is 0 Å². The number of rotatable bonds is 2. The smallest absolute Gasteiger partial charge is 0.276 e. The van der Waals surface area contributed by atoms with Crippen molar-refractivity contribution in [2.75, 3.05) is 46.3 Å². The molecule has 0 bridgehead atoms. The Morgan fingerprint density at radius 3 is 2.62 bits per heavy atom. The second-order valence-corrected chi connectivity index (χ2v) is 7.56. The maximum atomic E-state index is 13.2. The summed E-state index contributed by atoms with van der Waals surface area (Å²) in [6.07, 6.45) is 2.17. The second kappa shape index (κ2) is 5.58. The highest BCUT2D eigenvalue weighted by molar-refractivity contribution is 5.94. The SMILES string of the molecule is Cc1cc(C(=O)N2C[C@@H]3CN(C)C[C@]3(C(=O)N3CCCC3)C2)no1. The van der Waals surface area contributed by atoms with Gasteiger partial charge >= 0.3 is 0 Å². The van der Waals surface area contributed by atoms with Gasteiger partial charge in [-0.15, -0.1) is 0 Å². The molecule has 1 aromatic heterocycles. The number of carbonyl (C=O) groups excluding carboxylic acids is 2. The molecule has 4 rings (SSSR count). The monoisotopic (exact) mass is 332 g/mol. The molecule has 3 fully saturated rings. The van der Waals surface area contributed by atoms with Crippen LogP contribution in [0.5, 0.6) is 0 Å². The van der Waals surface area contributed by atoms with Gasteiger partial charge in [0, 0.05) is 51.3 Å². The summed E-state index contributed by atoms with van der Waals surface area (Å²) in [6.45, 7) is 6.18. The Labute approximate surface area is 141 Å². The highest BCUT2D eigenvalue weighted by atomic mass is 16.5. The molecule has 3 aliphatic rings. The summed E-state index contributed by atoms with van der Waals surface area (Å²) in [4.78, 5) is 32.0. The van der Waals surface area contributed by atoms with Gasteiger partial charge < -0.3 is 19.2 Å². The van der Waals surface area contributed by atoms with Crippen LogP contribution in [0, 0.1) is 18.3 Å². The van der Waals surface area contributed by atoms with Gasteiger partial charge in [0.2, 0.25) is 5.91 Å². The largest absolute Gasteiger partial charge is 0.361 e. The molecule has 4 heterocycles. The molecule has 0 unspecified atom stereocenters. The molecule has 1 aromatic rings. The van der Waals surface area contributed by atoms with E-state index in [0.29, 0.717) is 24.5 Å². The number of likely N-dealkylation sites (tertiary alicyclic amines) is 3. The van der Waals surface area contributed by atoms with Crippen LogP contribution >= 0.6 is 0 Å². The number of amides is 2. The van der Waals surface area contributed by atoms with E-state index in [-0.39, 0.29) is 17.7 Å². The molecule has 24 heavy (non-hydrogen) atoms. The third-order valence-corrected chi connectivity index (χ3v) is 5.73. The van der Waals surface area contributed by atoms with Crippen LogP contribution in [-0.2, 0) is 4.79 Å². The van der Waals surface area contributed by atoms with Gasteiger partial charge in [-0.3, -0.25) is 9.59 Å². The lowest BCUT2D eigenvalue weighted by atomic mass is 9.79. The standard InChI is InChI=1S/C17H24N4O3/c1-12-7-14(18-24-12)15(22)21-9-13-8-19(2)10-17(13,11-21)16(23)20-5-3-4-6-20/h7,13H,3-6,8-11H2,1-2H3/t13-,17-/m0/s1. The van der Waals surface area contributed by atoms with Gasteiger partial charge in [0.1, 0.15) is 5.76 Å². The molecule has 0 N–H and O–H groups in total. The minimum Gasteiger partial charge on any atom is -0.361 e. The molecule has 130 valence electrons. The van der Waals surface area contributed by atoms with Gasteiger partial charge in [-0.1, -0.05) is 5.16 Å². The van der Waals surface area contributed by atoms with Crippen LogP contribution in [0.2, 0.25) is 0 Å². The molecule has 0 radical (unpaired) electrons. The summed E-state index contributed by atoms with van der Waals surface area (Å²) in [5.74, 6) is 0.936. The van der Waals surface area contributed by atoms with Crippen LogP contribution < -0.4 is 0 Å². The average molecular weight is 332 g/mol. The summed E-state index contributed by atoms with van der Waals surface area (Å²) in [6, 6.07) is 1.66. The number of aryl methyl sites for hydroxylation is 1. The summed E-state index contributed by atoms with van der Waals surface area (Å²) in [5.41, 5.74) is -0.113. The van der Waals surface area contributed by atoms with Crippen LogP contribution in [-0.4, -0.2) is 78.0 Å². The Bertz CT molecular complexity index is 667. The highest BCUT2D eigenvalue weighted by Crippen LogP contribution is 2.44. The number of hydrogen-bond donors (Lipinski definition) is 0. The quantitative estimate of drug-likeness (QED) is 0.794. The zero-order valence-electron chi connectivity index (χ0n) is 14.3. The van der Waals surface area contributed by atoms with Gasteiger partial charge in [0.15, 0.2) is 5.69 Å². The van der Waals surface area contributed by atoms with Crippen LogP contribution in [0.25, 0.3) is 0 Å². The zero-order valence-corrected chi connectivity index (χ0v) is 14.3. The molecule has 0 aliphatic carbocycles. The Hall–Kier alpha value is -1.89. The van der Waals surface area contributed by atoms with Crippen molar-refractivity contribution >= 4 is 11.8 Å². The molecule has 0 aromatic carbocycles. The number of nitrogens with zero attached hydrogens (tertiary/aromatic N) is 4. The first-order chi connectivity index (χ1) is 11.5. The summed E-state index contributed by atoms with van der Waals surface area (Å²) < 4.78 is 5.03. The lowest BCUT2D eigenvalue weighted by molar-refractivity contribution is -0.141. The molecule has 0 spiro atoms.